The lowest BCUT2D eigenvalue weighted by molar-refractivity contribution is -0.140. The summed E-state index contributed by atoms with van der Waals surface area (Å²) in [7, 11) is 1.41. The van der Waals surface area contributed by atoms with Gasteiger partial charge in [0.15, 0.2) is 0 Å². The van der Waals surface area contributed by atoms with Crippen molar-refractivity contribution < 1.29 is 19.1 Å². The zero-order valence-corrected chi connectivity index (χ0v) is 14.5. The van der Waals surface area contributed by atoms with Crippen LogP contribution in [0.3, 0.4) is 0 Å². The van der Waals surface area contributed by atoms with E-state index in [1.54, 1.807) is 20.8 Å². The van der Waals surface area contributed by atoms with Crippen LogP contribution in [0.5, 0.6) is 0 Å². The molecule has 0 aromatic heterocycles. The molecule has 1 aromatic carbocycles. The number of carbonyl (C=O) groups is 2. The molecule has 126 valence electrons. The molecule has 0 aliphatic rings. The maximum atomic E-state index is 10.8. The molecule has 5 heteroatoms. The van der Waals surface area contributed by atoms with Crippen LogP contribution >= 0.6 is 0 Å². The van der Waals surface area contributed by atoms with Gasteiger partial charge in [0.25, 0.3) is 0 Å². The summed E-state index contributed by atoms with van der Waals surface area (Å²) >= 11 is 0. The Bertz CT molecular complexity index is 410. The summed E-state index contributed by atoms with van der Waals surface area (Å²) < 4.78 is 9.11. The third kappa shape index (κ3) is 16.0. The van der Waals surface area contributed by atoms with Crippen LogP contribution in [0.2, 0.25) is 0 Å². The third-order valence-corrected chi connectivity index (χ3v) is 2.10. The summed E-state index contributed by atoms with van der Waals surface area (Å²) in [5.41, 5.74) is 5.43. The molecule has 1 aromatic rings. The molecule has 0 saturated heterocycles. The van der Waals surface area contributed by atoms with Gasteiger partial charge in [0.05, 0.1) is 7.11 Å². The fraction of sp³-hybridized carbons (Fsp3) is 0.529. The quantitative estimate of drug-likeness (QED) is 0.863. The average molecular weight is 311 g/mol. The Morgan fingerprint density at radius 1 is 1.09 bits per heavy atom. The van der Waals surface area contributed by atoms with Crippen LogP contribution in [0.15, 0.2) is 30.3 Å². The maximum absolute atomic E-state index is 10.8. The summed E-state index contributed by atoms with van der Waals surface area (Å²) in [5, 5.41) is 0. The van der Waals surface area contributed by atoms with Crippen LogP contribution in [-0.2, 0) is 20.7 Å². The molecule has 5 nitrogen and oxygen atoms in total. The first kappa shape index (κ1) is 22.2. The Morgan fingerprint density at radius 2 is 1.59 bits per heavy atom. The molecule has 2 N–H and O–H groups in total. The van der Waals surface area contributed by atoms with Crippen molar-refractivity contribution >= 4 is 12.1 Å². The van der Waals surface area contributed by atoms with E-state index in [9.17, 15) is 9.59 Å². The normalized spacial score (nSPS) is 9.36. The third-order valence-electron chi connectivity index (χ3n) is 2.10. The van der Waals surface area contributed by atoms with Crippen molar-refractivity contribution in [1.82, 2.24) is 0 Å². The summed E-state index contributed by atoms with van der Waals surface area (Å²) in [6.45, 7) is 9.28. The number of aryl methyl sites for hydroxylation is 1. The van der Waals surface area contributed by atoms with Gasteiger partial charge >= 0.3 is 12.1 Å². The fourth-order valence-electron chi connectivity index (χ4n) is 1.29. The number of methoxy groups -OCH3 is 1. The van der Waals surface area contributed by atoms with E-state index in [-0.39, 0.29) is 5.97 Å². The predicted molar refractivity (Wildman–Crippen MR) is 88.5 cm³/mol. The molecule has 0 atom stereocenters. The molecule has 0 aliphatic heterocycles. The van der Waals surface area contributed by atoms with E-state index in [1.165, 1.54) is 12.7 Å². The highest BCUT2D eigenvalue weighted by atomic mass is 16.6. The highest BCUT2D eigenvalue weighted by molar-refractivity contribution is 5.69. The predicted octanol–water partition coefficient (Wildman–Crippen LogP) is 3.70. The molecule has 22 heavy (non-hydrogen) atoms. The highest BCUT2D eigenvalue weighted by Gasteiger charge is 2.12. The minimum Gasteiger partial charge on any atom is -0.469 e. The van der Waals surface area contributed by atoms with E-state index < -0.39 is 11.7 Å². The number of hydrogen-bond donors (Lipinski definition) is 1. The molecule has 0 aliphatic carbocycles. The van der Waals surface area contributed by atoms with Gasteiger partial charge < -0.3 is 15.2 Å². The molecule has 0 spiro atoms. The lowest BCUT2D eigenvalue weighted by Crippen LogP contribution is -2.27. The van der Waals surface area contributed by atoms with Gasteiger partial charge in [-0.25, -0.2) is 4.79 Å². The summed E-state index contributed by atoms with van der Waals surface area (Å²) in [6.07, 6.45) is 0.492. The monoisotopic (exact) mass is 311 g/mol. The van der Waals surface area contributed by atoms with Gasteiger partial charge in [0.1, 0.15) is 5.60 Å². The van der Waals surface area contributed by atoms with E-state index in [1.807, 2.05) is 44.2 Å². The van der Waals surface area contributed by atoms with Gasteiger partial charge in [0.2, 0.25) is 0 Å². The van der Waals surface area contributed by atoms with Crippen LogP contribution in [0.25, 0.3) is 0 Å². The van der Waals surface area contributed by atoms with Crippen LogP contribution in [0, 0.1) is 0 Å². The molecule has 0 heterocycles. The second kappa shape index (κ2) is 12.7. The second-order valence-electron chi connectivity index (χ2n) is 5.10. The van der Waals surface area contributed by atoms with Crippen molar-refractivity contribution in [2.75, 3.05) is 7.11 Å². The minimum atomic E-state index is -0.725. The van der Waals surface area contributed by atoms with Crippen molar-refractivity contribution in [2.24, 2.45) is 5.73 Å². The Morgan fingerprint density at radius 3 is 1.91 bits per heavy atom. The van der Waals surface area contributed by atoms with Gasteiger partial charge in [-0.15, -0.1) is 0 Å². The minimum absolute atomic E-state index is 0.154. The smallest absolute Gasteiger partial charge is 0.405 e. The second-order valence-corrected chi connectivity index (χ2v) is 5.10. The van der Waals surface area contributed by atoms with E-state index in [2.05, 4.69) is 9.47 Å². The Kier molecular flexibility index (Phi) is 12.8. The summed E-state index contributed by atoms with van der Waals surface area (Å²) in [6, 6.07) is 9.90. The first-order valence-corrected chi connectivity index (χ1v) is 7.34. The Labute approximate surface area is 133 Å². The van der Waals surface area contributed by atoms with Crippen LogP contribution < -0.4 is 5.73 Å². The lowest BCUT2D eigenvalue weighted by atomic mass is 10.1. The summed E-state index contributed by atoms with van der Waals surface area (Å²) in [5.74, 6) is -0.154. The number of esters is 1. The number of rotatable bonds is 3. The van der Waals surface area contributed by atoms with Crippen molar-refractivity contribution in [3.05, 3.63) is 35.9 Å². The number of carbonyl (C=O) groups excluding carboxylic acids is 2. The largest absolute Gasteiger partial charge is 0.469 e. The van der Waals surface area contributed by atoms with E-state index in [0.717, 1.165) is 6.42 Å². The standard InChI is InChI=1S/C10H12O2.C5H11NO2.C2H6/c1-12-10(11)8-7-9-5-3-2-4-6-9;1-5(2,3)8-4(6)7;1-2/h2-6H,7-8H2,1H3;1-3H3,(H2,6,7);1-2H3. The van der Waals surface area contributed by atoms with Gasteiger partial charge in [0, 0.05) is 6.42 Å². The average Bonchev–Trinajstić information content (AvgIpc) is 2.46. The van der Waals surface area contributed by atoms with E-state index in [4.69, 9.17) is 5.73 Å². The molecule has 0 unspecified atom stereocenters. The molecule has 1 rings (SSSR count). The van der Waals surface area contributed by atoms with Crippen LogP contribution in [0.1, 0.15) is 46.6 Å². The van der Waals surface area contributed by atoms with Crippen molar-refractivity contribution in [3.8, 4) is 0 Å². The van der Waals surface area contributed by atoms with Crippen LogP contribution in [0.4, 0.5) is 4.79 Å². The van der Waals surface area contributed by atoms with Crippen molar-refractivity contribution in [3.63, 3.8) is 0 Å². The fourth-order valence-corrected chi connectivity index (χ4v) is 1.29. The van der Waals surface area contributed by atoms with Gasteiger partial charge in [-0.3, -0.25) is 4.79 Å². The van der Waals surface area contributed by atoms with Gasteiger partial charge in [-0.1, -0.05) is 44.2 Å². The van der Waals surface area contributed by atoms with Crippen molar-refractivity contribution in [2.45, 2.75) is 53.1 Å². The summed E-state index contributed by atoms with van der Waals surface area (Å²) in [4.78, 5) is 20.8. The molecule has 0 saturated carbocycles. The number of ether oxygens (including phenoxy) is 2. The first-order valence-electron chi connectivity index (χ1n) is 7.34. The molecule has 0 bridgehead atoms. The zero-order valence-electron chi connectivity index (χ0n) is 14.5. The molecular formula is C17H29NO4. The number of amides is 1. The van der Waals surface area contributed by atoms with E-state index >= 15 is 0 Å². The Hall–Kier alpha value is -2.04. The number of nitrogens with two attached hydrogens (primary N) is 1. The topological polar surface area (TPSA) is 78.6 Å². The first-order chi connectivity index (χ1) is 10.2. The van der Waals surface area contributed by atoms with Crippen molar-refractivity contribution in [1.29, 1.82) is 0 Å². The molecule has 0 radical (unpaired) electrons. The van der Waals surface area contributed by atoms with E-state index in [0.29, 0.717) is 6.42 Å². The molecular weight excluding hydrogens is 282 g/mol. The molecule has 0 fully saturated rings. The van der Waals surface area contributed by atoms with Gasteiger partial charge in [-0.05, 0) is 32.8 Å². The van der Waals surface area contributed by atoms with Crippen LogP contribution in [-0.4, -0.2) is 24.8 Å². The zero-order chi connectivity index (χ0) is 17.6. The molecule has 1 amide bonds. The number of benzene rings is 1. The number of primary amides is 1. The maximum Gasteiger partial charge on any atom is 0.405 e. The number of hydrogen-bond acceptors (Lipinski definition) is 4. The lowest BCUT2D eigenvalue weighted by Gasteiger charge is -2.16. The Balaban J connectivity index is 0. The highest BCUT2D eigenvalue weighted by Crippen LogP contribution is 2.05. The SMILES string of the molecule is CC.CC(C)(C)OC(N)=O.COC(=O)CCc1ccccc1. The van der Waals surface area contributed by atoms with Gasteiger partial charge in [-0.2, -0.15) is 0 Å².